The number of unbranched alkanes of at least 4 members (excludes halogenated alkanes) is 3. The van der Waals surface area contributed by atoms with Gasteiger partial charge in [0.25, 0.3) is 0 Å². The van der Waals surface area contributed by atoms with E-state index in [0.29, 0.717) is 12.2 Å². The first-order chi connectivity index (χ1) is 11.1. The molecule has 0 saturated heterocycles. The Bertz CT molecular complexity index is 446. The Hall–Kier alpha value is -1.35. The minimum absolute atomic E-state index is 0.153. The third-order valence-corrected chi connectivity index (χ3v) is 4.11. The predicted octanol–water partition coefficient (Wildman–Crippen LogP) is 4.95. The van der Waals surface area contributed by atoms with Crippen LogP contribution in [0.3, 0.4) is 0 Å². The second-order valence-corrected chi connectivity index (χ2v) is 6.08. The van der Waals surface area contributed by atoms with Gasteiger partial charge < -0.3 is 9.47 Å². The van der Waals surface area contributed by atoms with Crippen molar-refractivity contribution in [3.05, 3.63) is 34.9 Å². The number of carbonyl (C=O) groups is 1. The number of hydrogen-bond donors (Lipinski definition) is 0. The first-order valence-corrected chi connectivity index (χ1v) is 8.97. The molecule has 1 unspecified atom stereocenters. The Morgan fingerprint density at radius 2 is 1.65 bits per heavy atom. The quantitative estimate of drug-likeness (QED) is 0.427. The molecule has 0 N–H and O–H groups in total. The maximum absolute atomic E-state index is 12.5. The average molecular weight is 320 g/mol. The lowest BCUT2D eigenvalue weighted by molar-refractivity contribution is 0.00236. The highest BCUT2D eigenvalue weighted by molar-refractivity contribution is 5.90. The summed E-state index contributed by atoms with van der Waals surface area (Å²) in [7, 11) is 1.65. The monoisotopic (exact) mass is 320 g/mol. The van der Waals surface area contributed by atoms with Gasteiger partial charge in [-0.15, -0.1) is 0 Å². The maximum atomic E-state index is 12.5. The van der Waals surface area contributed by atoms with Crippen molar-refractivity contribution in [2.75, 3.05) is 13.7 Å². The number of benzene rings is 1. The van der Waals surface area contributed by atoms with Gasteiger partial charge in [-0.3, -0.25) is 0 Å². The first kappa shape index (κ1) is 19.7. The molecule has 1 atom stereocenters. The fraction of sp³-hybridized carbons (Fsp3) is 0.650. The van der Waals surface area contributed by atoms with E-state index < -0.39 is 0 Å². The van der Waals surface area contributed by atoms with E-state index >= 15 is 0 Å². The van der Waals surface area contributed by atoms with Crippen molar-refractivity contribution < 1.29 is 14.3 Å². The molecule has 130 valence electrons. The zero-order valence-electron chi connectivity index (χ0n) is 15.2. The van der Waals surface area contributed by atoms with Crippen molar-refractivity contribution in [2.45, 2.75) is 71.8 Å². The molecule has 0 bridgehead atoms. The zero-order chi connectivity index (χ0) is 17.1. The van der Waals surface area contributed by atoms with Crippen molar-refractivity contribution in [1.82, 2.24) is 0 Å². The van der Waals surface area contributed by atoms with Crippen molar-refractivity contribution in [3.63, 3.8) is 0 Å². The Balaban J connectivity index is 2.69. The largest absolute Gasteiger partial charge is 0.456 e. The lowest BCUT2D eigenvalue weighted by atomic mass is 10.0. The van der Waals surface area contributed by atoms with Crippen molar-refractivity contribution >= 4 is 5.97 Å². The van der Waals surface area contributed by atoms with Crippen LogP contribution in [-0.2, 0) is 22.3 Å². The van der Waals surface area contributed by atoms with Gasteiger partial charge in [0.2, 0.25) is 0 Å². The third-order valence-electron chi connectivity index (χ3n) is 4.11. The van der Waals surface area contributed by atoms with Gasteiger partial charge in [-0.25, -0.2) is 4.79 Å². The average Bonchev–Trinajstić information content (AvgIpc) is 2.58. The normalized spacial score (nSPS) is 12.2. The fourth-order valence-electron chi connectivity index (χ4n) is 2.67. The summed E-state index contributed by atoms with van der Waals surface area (Å²) in [5.41, 5.74) is 3.03. The van der Waals surface area contributed by atoms with Crippen LogP contribution in [0.15, 0.2) is 18.2 Å². The molecule has 0 spiro atoms. The second kappa shape index (κ2) is 11.2. The summed E-state index contributed by atoms with van der Waals surface area (Å²) in [4.78, 5) is 12.5. The van der Waals surface area contributed by atoms with Gasteiger partial charge in [0, 0.05) is 7.11 Å². The molecule has 23 heavy (non-hydrogen) atoms. The van der Waals surface area contributed by atoms with Crippen LogP contribution in [0.25, 0.3) is 0 Å². The molecule has 0 aliphatic rings. The Morgan fingerprint density at radius 1 is 1.00 bits per heavy atom. The van der Waals surface area contributed by atoms with Crippen LogP contribution in [0.1, 0.15) is 74.4 Å². The van der Waals surface area contributed by atoms with Gasteiger partial charge in [0.1, 0.15) is 6.10 Å². The van der Waals surface area contributed by atoms with Gasteiger partial charge in [-0.1, -0.05) is 46.1 Å². The maximum Gasteiger partial charge on any atom is 0.338 e. The molecular weight excluding hydrogens is 288 g/mol. The van der Waals surface area contributed by atoms with Gasteiger partial charge in [0.15, 0.2) is 0 Å². The lowest BCUT2D eigenvalue weighted by Gasteiger charge is -2.17. The molecule has 1 aromatic rings. The van der Waals surface area contributed by atoms with Gasteiger partial charge in [-0.05, 0) is 48.9 Å². The van der Waals surface area contributed by atoms with Crippen LogP contribution in [0.5, 0.6) is 0 Å². The Kier molecular flexibility index (Phi) is 9.61. The van der Waals surface area contributed by atoms with E-state index in [1.165, 1.54) is 30.4 Å². The van der Waals surface area contributed by atoms with E-state index in [-0.39, 0.29) is 12.1 Å². The summed E-state index contributed by atoms with van der Waals surface area (Å²) in [5, 5.41) is 0. The molecule has 0 aliphatic heterocycles. The molecule has 0 aliphatic carbocycles. The molecule has 0 radical (unpaired) electrons. The van der Waals surface area contributed by atoms with Gasteiger partial charge in [0.05, 0.1) is 12.2 Å². The third kappa shape index (κ3) is 7.17. The summed E-state index contributed by atoms with van der Waals surface area (Å²) in [6.07, 6.45) is 7.25. The highest BCUT2D eigenvalue weighted by atomic mass is 16.6. The first-order valence-electron chi connectivity index (χ1n) is 8.97. The number of hydrogen-bond acceptors (Lipinski definition) is 3. The van der Waals surface area contributed by atoms with Crippen LogP contribution in [0, 0.1) is 0 Å². The van der Waals surface area contributed by atoms with E-state index in [4.69, 9.17) is 9.47 Å². The number of esters is 1. The standard InChI is InChI=1S/C20H32O3/c1-5-8-9-10-11-19(15-22-4)23-20(21)18-13-16(6-2)12-17(7-3)14-18/h12-14,19H,5-11,15H2,1-4H3. The van der Waals surface area contributed by atoms with Crippen LogP contribution >= 0.6 is 0 Å². The molecule has 3 nitrogen and oxygen atoms in total. The van der Waals surface area contributed by atoms with E-state index in [9.17, 15) is 4.79 Å². The number of rotatable bonds is 11. The van der Waals surface area contributed by atoms with E-state index in [2.05, 4.69) is 26.8 Å². The molecule has 1 aromatic carbocycles. The SMILES string of the molecule is CCCCCCC(COC)OC(=O)c1cc(CC)cc(CC)c1. The zero-order valence-corrected chi connectivity index (χ0v) is 15.2. The van der Waals surface area contributed by atoms with Gasteiger partial charge >= 0.3 is 5.97 Å². The predicted molar refractivity (Wildman–Crippen MR) is 95.0 cm³/mol. The topological polar surface area (TPSA) is 35.5 Å². The summed E-state index contributed by atoms with van der Waals surface area (Å²) < 4.78 is 10.9. The Morgan fingerprint density at radius 3 is 2.17 bits per heavy atom. The van der Waals surface area contributed by atoms with Gasteiger partial charge in [-0.2, -0.15) is 0 Å². The van der Waals surface area contributed by atoms with Crippen molar-refractivity contribution in [1.29, 1.82) is 0 Å². The molecule has 3 heteroatoms. The Labute approximate surface area is 141 Å². The minimum atomic E-state index is -0.229. The summed E-state index contributed by atoms with van der Waals surface area (Å²) >= 11 is 0. The van der Waals surface area contributed by atoms with Crippen molar-refractivity contribution in [3.8, 4) is 0 Å². The fourth-order valence-corrected chi connectivity index (χ4v) is 2.67. The smallest absolute Gasteiger partial charge is 0.338 e. The van der Waals surface area contributed by atoms with Crippen LogP contribution < -0.4 is 0 Å². The molecule has 0 fully saturated rings. The highest BCUT2D eigenvalue weighted by Crippen LogP contribution is 2.16. The summed E-state index contributed by atoms with van der Waals surface area (Å²) in [6.45, 7) is 6.86. The van der Waals surface area contributed by atoms with Crippen LogP contribution in [0.2, 0.25) is 0 Å². The lowest BCUT2D eigenvalue weighted by Crippen LogP contribution is -2.23. The number of aryl methyl sites for hydroxylation is 2. The van der Waals surface area contributed by atoms with Crippen molar-refractivity contribution in [2.24, 2.45) is 0 Å². The highest BCUT2D eigenvalue weighted by Gasteiger charge is 2.16. The molecule has 0 aromatic heterocycles. The number of methoxy groups -OCH3 is 1. The second-order valence-electron chi connectivity index (χ2n) is 6.08. The molecular formula is C20H32O3. The summed E-state index contributed by atoms with van der Waals surface area (Å²) in [5.74, 6) is -0.229. The van der Waals surface area contributed by atoms with E-state index in [1.54, 1.807) is 7.11 Å². The molecule has 0 amide bonds. The van der Waals surface area contributed by atoms with E-state index in [1.807, 2.05) is 12.1 Å². The van der Waals surface area contributed by atoms with Crippen LogP contribution in [0.4, 0.5) is 0 Å². The molecule has 0 saturated carbocycles. The summed E-state index contributed by atoms with van der Waals surface area (Å²) in [6, 6.07) is 6.05. The molecule has 0 heterocycles. The molecule has 1 rings (SSSR count). The van der Waals surface area contributed by atoms with E-state index in [0.717, 1.165) is 25.7 Å². The number of carbonyl (C=O) groups excluding carboxylic acids is 1. The minimum Gasteiger partial charge on any atom is -0.456 e. The van der Waals surface area contributed by atoms with Crippen LogP contribution in [-0.4, -0.2) is 25.8 Å². The number of ether oxygens (including phenoxy) is 2.